The number of likely N-dealkylation sites (tertiary alicyclic amines) is 1. The zero-order chi connectivity index (χ0) is 23.2. The van der Waals surface area contributed by atoms with Gasteiger partial charge >= 0.3 is 0 Å². The third-order valence-electron chi connectivity index (χ3n) is 5.85. The molecule has 0 bridgehead atoms. The summed E-state index contributed by atoms with van der Waals surface area (Å²) < 4.78 is 5.60. The maximum atomic E-state index is 13.2. The van der Waals surface area contributed by atoms with Crippen LogP contribution < -0.4 is 10.6 Å². The second kappa shape index (κ2) is 10.2. The number of hydrogen-bond donors (Lipinski definition) is 2. The van der Waals surface area contributed by atoms with Gasteiger partial charge in [-0.05, 0) is 56.9 Å². The molecule has 1 fully saturated rings. The maximum absolute atomic E-state index is 13.2. The predicted molar refractivity (Wildman–Crippen MR) is 125 cm³/mol. The molecule has 1 aromatic carbocycles. The van der Waals surface area contributed by atoms with Crippen LogP contribution in [-0.2, 0) is 9.59 Å². The summed E-state index contributed by atoms with van der Waals surface area (Å²) in [5, 5.41) is 15.8. The molecule has 4 rings (SSSR count). The van der Waals surface area contributed by atoms with Crippen LogP contribution in [0.4, 0.5) is 5.69 Å². The first-order chi connectivity index (χ1) is 16.0. The van der Waals surface area contributed by atoms with Gasteiger partial charge < -0.3 is 19.5 Å². The van der Waals surface area contributed by atoms with E-state index < -0.39 is 6.04 Å². The molecular weight excluding hydrogens is 420 g/mol. The van der Waals surface area contributed by atoms with Crippen molar-refractivity contribution in [2.45, 2.75) is 38.6 Å². The van der Waals surface area contributed by atoms with Crippen molar-refractivity contribution in [2.24, 2.45) is 4.99 Å². The van der Waals surface area contributed by atoms with Crippen molar-refractivity contribution in [3.63, 3.8) is 0 Å². The van der Waals surface area contributed by atoms with Gasteiger partial charge in [0.2, 0.25) is 17.8 Å². The van der Waals surface area contributed by atoms with Crippen LogP contribution in [-0.4, -0.2) is 59.8 Å². The number of fused-ring (bicyclic) bond motifs is 1. The van der Waals surface area contributed by atoms with E-state index in [1.54, 1.807) is 9.80 Å². The Balaban J connectivity index is 1.49. The number of amides is 2. The number of hydrogen-bond acceptors (Lipinski definition) is 5. The molecule has 2 amide bonds. The maximum Gasteiger partial charge on any atom is 0.247 e. The molecule has 0 spiro atoms. The highest BCUT2D eigenvalue weighted by atomic mass is 16.3. The number of benzene rings is 1. The number of nitrogens with zero attached hydrogens (tertiary/aromatic N) is 4. The van der Waals surface area contributed by atoms with Gasteiger partial charge in [-0.25, -0.2) is 4.99 Å². The molecular formula is C24H28N6O3. The van der Waals surface area contributed by atoms with Crippen molar-refractivity contribution in [2.75, 3.05) is 31.5 Å². The first-order valence-corrected chi connectivity index (χ1v) is 11.2. The second-order valence-corrected chi connectivity index (χ2v) is 8.32. The van der Waals surface area contributed by atoms with Crippen LogP contribution in [0.2, 0.25) is 0 Å². The molecule has 9 nitrogen and oxygen atoms in total. The fourth-order valence-corrected chi connectivity index (χ4v) is 4.19. The minimum absolute atomic E-state index is 0.0467. The van der Waals surface area contributed by atoms with E-state index in [4.69, 9.17) is 4.42 Å². The largest absolute Gasteiger partial charge is 0.461 e. The molecule has 0 saturated carbocycles. The minimum atomic E-state index is -0.662. The summed E-state index contributed by atoms with van der Waals surface area (Å²) in [7, 11) is 0. The first-order valence-electron chi connectivity index (χ1n) is 11.2. The van der Waals surface area contributed by atoms with Crippen LogP contribution in [0, 0.1) is 18.4 Å². The van der Waals surface area contributed by atoms with E-state index in [1.807, 2.05) is 43.5 Å². The Labute approximate surface area is 192 Å². The molecule has 1 saturated heterocycles. The van der Waals surface area contributed by atoms with Gasteiger partial charge in [0.25, 0.3) is 0 Å². The Morgan fingerprint density at radius 1 is 1.27 bits per heavy atom. The van der Waals surface area contributed by atoms with Crippen molar-refractivity contribution in [1.29, 1.82) is 5.26 Å². The van der Waals surface area contributed by atoms with E-state index in [2.05, 4.69) is 21.7 Å². The highest BCUT2D eigenvalue weighted by Gasteiger charge is 2.29. The average molecular weight is 449 g/mol. The molecule has 1 aromatic heterocycles. The third kappa shape index (κ3) is 5.52. The molecule has 0 aliphatic carbocycles. The molecule has 33 heavy (non-hydrogen) atoms. The number of carbonyl (C=O) groups excluding carboxylic acids is 2. The summed E-state index contributed by atoms with van der Waals surface area (Å²) >= 11 is 0. The monoisotopic (exact) mass is 448 g/mol. The van der Waals surface area contributed by atoms with Gasteiger partial charge in [-0.2, -0.15) is 5.26 Å². The Hall–Kier alpha value is -3.80. The number of anilines is 1. The Morgan fingerprint density at radius 3 is 2.94 bits per heavy atom. The summed E-state index contributed by atoms with van der Waals surface area (Å²) in [5.74, 6) is 0.776. The molecule has 2 aromatic rings. The average Bonchev–Trinajstić information content (AvgIpc) is 3.10. The topological polar surface area (TPSA) is 114 Å². The molecule has 2 N–H and O–H groups in total. The normalized spacial score (nSPS) is 19.3. The summed E-state index contributed by atoms with van der Waals surface area (Å²) in [6.45, 7) is 3.74. The van der Waals surface area contributed by atoms with Crippen molar-refractivity contribution in [1.82, 2.24) is 15.1 Å². The van der Waals surface area contributed by atoms with E-state index in [0.717, 1.165) is 41.7 Å². The number of aliphatic imine (C=N–C) groups is 1. The Kier molecular flexibility index (Phi) is 6.93. The van der Waals surface area contributed by atoms with E-state index in [1.165, 1.54) is 0 Å². The van der Waals surface area contributed by atoms with Gasteiger partial charge in [-0.3, -0.25) is 14.9 Å². The van der Waals surface area contributed by atoms with Gasteiger partial charge in [-0.1, -0.05) is 12.2 Å². The Bertz CT molecular complexity index is 1130. The smallest absolute Gasteiger partial charge is 0.247 e. The van der Waals surface area contributed by atoms with Gasteiger partial charge in [0.05, 0.1) is 6.54 Å². The van der Waals surface area contributed by atoms with Crippen molar-refractivity contribution < 1.29 is 14.0 Å². The van der Waals surface area contributed by atoms with Crippen LogP contribution >= 0.6 is 0 Å². The summed E-state index contributed by atoms with van der Waals surface area (Å²) in [4.78, 5) is 33.8. The lowest BCUT2D eigenvalue weighted by atomic mass is 10.1. The Morgan fingerprint density at radius 2 is 2.15 bits per heavy atom. The SMILES string of the molecule is Cc1cc2cc(NC(=N[C@H]3CCCCN(CC(=O)N4CC=CCC4)C3=O)NC#N)ccc2o1. The number of furan rings is 1. The summed E-state index contributed by atoms with van der Waals surface area (Å²) in [6.07, 6.45) is 8.96. The number of nitrogens with one attached hydrogen (secondary N) is 2. The lowest BCUT2D eigenvalue weighted by molar-refractivity contribution is -0.140. The second-order valence-electron chi connectivity index (χ2n) is 8.32. The number of aryl methyl sites for hydroxylation is 1. The van der Waals surface area contributed by atoms with Crippen LogP contribution in [0.15, 0.2) is 45.8 Å². The van der Waals surface area contributed by atoms with Crippen molar-refractivity contribution in [3.05, 3.63) is 42.2 Å². The lowest BCUT2D eigenvalue weighted by Crippen LogP contribution is -2.46. The lowest BCUT2D eigenvalue weighted by Gasteiger charge is -2.28. The molecule has 172 valence electrons. The van der Waals surface area contributed by atoms with Crippen LogP contribution in [0.1, 0.15) is 31.4 Å². The predicted octanol–water partition coefficient (Wildman–Crippen LogP) is 2.75. The molecule has 0 radical (unpaired) electrons. The number of nitriles is 1. The van der Waals surface area contributed by atoms with Crippen LogP contribution in [0.3, 0.4) is 0 Å². The highest BCUT2D eigenvalue weighted by molar-refractivity contribution is 5.98. The summed E-state index contributed by atoms with van der Waals surface area (Å²) in [6, 6.07) is 6.83. The quantitative estimate of drug-likeness (QED) is 0.244. The standard InChI is InChI=1S/C24H28N6O3/c1-17-13-18-14-19(8-9-21(18)33-17)27-24(26-16-25)28-20-7-3-6-12-30(23(20)32)15-22(31)29-10-4-2-5-11-29/h2,4,8-9,13-14,20H,3,5-7,10-12,15H2,1H3,(H2,26,27,28)/t20-/m0/s1. The number of rotatable bonds is 4. The molecule has 3 heterocycles. The van der Waals surface area contributed by atoms with Gasteiger partial charge in [0.15, 0.2) is 6.19 Å². The zero-order valence-corrected chi connectivity index (χ0v) is 18.7. The van der Waals surface area contributed by atoms with Crippen molar-refractivity contribution >= 4 is 34.4 Å². The van der Waals surface area contributed by atoms with Gasteiger partial charge in [0.1, 0.15) is 17.4 Å². The van der Waals surface area contributed by atoms with Crippen molar-refractivity contribution in [3.8, 4) is 6.19 Å². The van der Waals surface area contributed by atoms with E-state index in [-0.39, 0.29) is 24.3 Å². The molecule has 0 unspecified atom stereocenters. The molecule has 2 aliphatic rings. The minimum Gasteiger partial charge on any atom is -0.461 e. The third-order valence-corrected chi connectivity index (χ3v) is 5.85. The van der Waals surface area contributed by atoms with Gasteiger partial charge in [-0.15, -0.1) is 0 Å². The van der Waals surface area contributed by atoms with E-state index >= 15 is 0 Å². The fourth-order valence-electron chi connectivity index (χ4n) is 4.19. The number of carbonyl (C=O) groups is 2. The van der Waals surface area contributed by atoms with E-state index in [9.17, 15) is 14.9 Å². The highest BCUT2D eigenvalue weighted by Crippen LogP contribution is 2.23. The molecule has 9 heteroatoms. The zero-order valence-electron chi connectivity index (χ0n) is 18.7. The summed E-state index contributed by atoms with van der Waals surface area (Å²) in [5.41, 5.74) is 1.49. The molecule has 1 atom stereocenters. The first kappa shape index (κ1) is 22.4. The number of guanidine groups is 1. The van der Waals surface area contributed by atoms with Gasteiger partial charge in [0, 0.05) is 30.7 Å². The fraction of sp³-hybridized carbons (Fsp3) is 0.417. The van der Waals surface area contributed by atoms with E-state index in [0.29, 0.717) is 26.1 Å². The molecule has 2 aliphatic heterocycles. The van der Waals surface area contributed by atoms with Crippen LogP contribution in [0.5, 0.6) is 0 Å². The van der Waals surface area contributed by atoms with Crippen LogP contribution in [0.25, 0.3) is 11.0 Å².